The predicted octanol–water partition coefficient (Wildman–Crippen LogP) is 4.71. The number of amides is 2. The zero-order chi connectivity index (χ0) is 21.7. The second-order valence-corrected chi connectivity index (χ2v) is 8.22. The highest BCUT2D eigenvalue weighted by Gasteiger charge is 2.23. The third kappa shape index (κ3) is 8.00. The molecule has 0 unspecified atom stereocenters. The number of hydrogen-bond acceptors (Lipinski definition) is 3. The van der Waals surface area contributed by atoms with Crippen LogP contribution in [0.2, 0.25) is 0 Å². The number of hydrogen-bond donors (Lipinski definition) is 1. The normalized spacial score (nSPS) is 14.6. The Kier molecular flexibility index (Phi) is 9.30. The molecule has 0 atom stereocenters. The van der Waals surface area contributed by atoms with E-state index in [0.29, 0.717) is 0 Å². The lowest BCUT2D eigenvalue weighted by Gasteiger charge is -2.32. The maximum absolute atomic E-state index is 12.5. The summed E-state index contributed by atoms with van der Waals surface area (Å²) in [7, 11) is 0. The van der Waals surface area contributed by atoms with Crippen molar-refractivity contribution in [2.75, 3.05) is 19.6 Å². The van der Waals surface area contributed by atoms with Crippen molar-refractivity contribution in [3.63, 3.8) is 0 Å². The van der Waals surface area contributed by atoms with Gasteiger partial charge in [0, 0.05) is 43.7 Å². The highest BCUT2D eigenvalue weighted by atomic mass is 16.2. The van der Waals surface area contributed by atoms with Crippen molar-refractivity contribution in [3.8, 4) is 0 Å². The molecule has 5 nitrogen and oxygen atoms in total. The molecule has 2 heterocycles. The number of unbranched alkanes of at least 4 members (excludes halogenated alkanes) is 3. The fourth-order valence-corrected chi connectivity index (χ4v) is 4.02. The van der Waals surface area contributed by atoms with Crippen molar-refractivity contribution < 1.29 is 9.59 Å². The van der Waals surface area contributed by atoms with Crippen molar-refractivity contribution in [3.05, 3.63) is 72.1 Å². The molecule has 2 amide bonds. The first-order valence-electron chi connectivity index (χ1n) is 11.4. The van der Waals surface area contributed by atoms with E-state index in [-0.39, 0.29) is 11.8 Å². The number of benzene rings is 1. The van der Waals surface area contributed by atoms with Gasteiger partial charge in [0.05, 0.1) is 0 Å². The Morgan fingerprint density at radius 2 is 1.77 bits per heavy atom. The van der Waals surface area contributed by atoms with Crippen LogP contribution in [0.1, 0.15) is 60.9 Å². The first-order valence-corrected chi connectivity index (χ1v) is 11.4. The smallest absolute Gasteiger partial charge is 0.253 e. The van der Waals surface area contributed by atoms with E-state index in [4.69, 9.17) is 0 Å². The van der Waals surface area contributed by atoms with Crippen LogP contribution in [0.5, 0.6) is 0 Å². The molecular weight excluding hydrogens is 386 g/mol. The average Bonchev–Trinajstić information content (AvgIpc) is 2.83. The highest BCUT2D eigenvalue weighted by Crippen LogP contribution is 2.24. The Morgan fingerprint density at radius 1 is 1.00 bits per heavy atom. The Balaban J connectivity index is 1.20. The van der Waals surface area contributed by atoms with Gasteiger partial charge >= 0.3 is 0 Å². The molecule has 2 aromatic rings. The molecule has 31 heavy (non-hydrogen) atoms. The summed E-state index contributed by atoms with van der Waals surface area (Å²) in [6.45, 7) is 2.46. The molecule has 1 fully saturated rings. The van der Waals surface area contributed by atoms with E-state index in [1.165, 1.54) is 19.3 Å². The minimum atomic E-state index is -0.0549. The summed E-state index contributed by atoms with van der Waals surface area (Å²) in [5.41, 5.74) is 1.72. The molecule has 164 valence electrons. The van der Waals surface area contributed by atoms with Crippen molar-refractivity contribution in [1.82, 2.24) is 15.2 Å². The Bertz CT molecular complexity index is 828. The molecular formula is C26H33N3O2. The number of rotatable bonds is 10. The van der Waals surface area contributed by atoms with E-state index >= 15 is 0 Å². The van der Waals surface area contributed by atoms with Crippen molar-refractivity contribution in [2.45, 2.75) is 44.9 Å². The lowest BCUT2D eigenvalue weighted by molar-refractivity contribution is -0.116. The van der Waals surface area contributed by atoms with Crippen LogP contribution in [0.3, 0.4) is 0 Å². The molecule has 0 saturated carbocycles. The number of aromatic nitrogens is 1. The van der Waals surface area contributed by atoms with Crippen LogP contribution >= 0.6 is 0 Å². The fraction of sp³-hybridized carbons (Fsp3) is 0.423. The SMILES string of the molecule is O=C(/C=C/c1cccnc1)NCCCCCCC1CCN(C(=O)c2ccccc2)CC1. The standard InChI is InChI=1S/C26H33N3O2/c30-25(14-13-23-10-8-17-27-21-23)28-18-7-2-1-4-9-22-15-19-29(20-16-22)26(31)24-11-5-3-6-12-24/h3,5-6,8,10-14,17,21-22H,1-2,4,7,9,15-16,18-20H2,(H,28,30)/b14-13+. The fourth-order valence-electron chi connectivity index (χ4n) is 4.02. The average molecular weight is 420 g/mol. The van der Waals surface area contributed by atoms with Gasteiger partial charge in [0.2, 0.25) is 5.91 Å². The van der Waals surface area contributed by atoms with Gasteiger partial charge < -0.3 is 10.2 Å². The maximum Gasteiger partial charge on any atom is 0.253 e. The summed E-state index contributed by atoms with van der Waals surface area (Å²) in [6, 6.07) is 13.3. The van der Waals surface area contributed by atoms with Gasteiger partial charge in [0.25, 0.3) is 5.91 Å². The summed E-state index contributed by atoms with van der Waals surface area (Å²) >= 11 is 0. The summed E-state index contributed by atoms with van der Waals surface area (Å²) in [5.74, 6) is 0.842. The van der Waals surface area contributed by atoms with Gasteiger partial charge in [-0.25, -0.2) is 0 Å². The number of carbonyl (C=O) groups excluding carboxylic acids is 2. The summed E-state index contributed by atoms with van der Waals surface area (Å²) < 4.78 is 0. The number of carbonyl (C=O) groups is 2. The Labute approximate surface area is 185 Å². The monoisotopic (exact) mass is 419 g/mol. The molecule has 0 radical (unpaired) electrons. The minimum Gasteiger partial charge on any atom is -0.353 e. The van der Waals surface area contributed by atoms with Crippen LogP contribution in [0.15, 0.2) is 60.9 Å². The van der Waals surface area contributed by atoms with Crippen molar-refractivity contribution >= 4 is 17.9 Å². The molecule has 5 heteroatoms. The number of pyridine rings is 1. The molecule has 1 saturated heterocycles. The first-order chi connectivity index (χ1) is 15.2. The van der Waals surface area contributed by atoms with Gasteiger partial charge in [-0.1, -0.05) is 49.9 Å². The molecule has 0 aliphatic carbocycles. The van der Waals surface area contributed by atoms with E-state index < -0.39 is 0 Å². The number of piperidine rings is 1. The van der Waals surface area contributed by atoms with Crippen LogP contribution in [0.4, 0.5) is 0 Å². The lowest BCUT2D eigenvalue weighted by Crippen LogP contribution is -2.38. The van der Waals surface area contributed by atoms with Crippen molar-refractivity contribution in [1.29, 1.82) is 0 Å². The van der Waals surface area contributed by atoms with Crippen LogP contribution in [0, 0.1) is 5.92 Å². The third-order valence-electron chi connectivity index (χ3n) is 5.87. The van der Waals surface area contributed by atoms with Crippen LogP contribution in [-0.4, -0.2) is 41.3 Å². The van der Waals surface area contributed by atoms with E-state index in [0.717, 1.165) is 62.4 Å². The van der Waals surface area contributed by atoms with Gasteiger partial charge in [-0.15, -0.1) is 0 Å². The summed E-state index contributed by atoms with van der Waals surface area (Å²) in [6.07, 6.45) is 14.8. The van der Waals surface area contributed by atoms with E-state index in [2.05, 4.69) is 10.3 Å². The van der Waals surface area contributed by atoms with E-state index in [1.807, 2.05) is 47.4 Å². The largest absolute Gasteiger partial charge is 0.353 e. The molecule has 0 bridgehead atoms. The van der Waals surface area contributed by atoms with Gasteiger partial charge in [0.1, 0.15) is 0 Å². The Morgan fingerprint density at radius 3 is 2.52 bits per heavy atom. The van der Waals surface area contributed by atoms with Crippen molar-refractivity contribution in [2.24, 2.45) is 5.92 Å². The predicted molar refractivity (Wildman–Crippen MR) is 124 cm³/mol. The molecule has 1 aliphatic rings. The first kappa shape index (κ1) is 22.7. The number of nitrogens with one attached hydrogen (secondary N) is 1. The topological polar surface area (TPSA) is 62.3 Å². The van der Waals surface area contributed by atoms with Crippen LogP contribution < -0.4 is 5.32 Å². The quantitative estimate of drug-likeness (QED) is 0.448. The summed E-state index contributed by atoms with van der Waals surface area (Å²) in [4.78, 5) is 30.4. The number of likely N-dealkylation sites (tertiary alicyclic amines) is 1. The van der Waals surface area contributed by atoms with Gasteiger partial charge in [-0.3, -0.25) is 14.6 Å². The van der Waals surface area contributed by atoms with Crippen LogP contribution in [-0.2, 0) is 4.79 Å². The highest BCUT2D eigenvalue weighted by molar-refractivity contribution is 5.94. The second-order valence-electron chi connectivity index (χ2n) is 8.22. The molecule has 1 aromatic heterocycles. The molecule has 0 spiro atoms. The second kappa shape index (κ2) is 12.7. The summed E-state index contributed by atoms with van der Waals surface area (Å²) in [5, 5.41) is 2.94. The van der Waals surface area contributed by atoms with Crippen LogP contribution in [0.25, 0.3) is 6.08 Å². The van der Waals surface area contributed by atoms with Gasteiger partial charge in [-0.2, -0.15) is 0 Å². The van der Waals surface area contributed by atoms with Gasteiger partial charge in [0.15, 0.2) is 0 Å². The molecule has 1 aromatic carbocycles. The molecule has 1 N–H and O–H groups in total. The minimum absolute atomic E-state index is 0.0549. The lowest BCUT2D eigenvalue weighted by atomic mass is 9.91. The Hall–Kier alpha value is -2.95. The van der Waals surface area contributed by atoms with E-state index in [9.17, 15) is 9.59 Å². The zero-order valence-electron chi connectivity index (χ0n) is 18.2. The van der Waals surface area contributed by atoms with E-state index in [1.54, 1.807) is 24.5 Å². The van der Waals surface area contributed by atoms with Gasteiger partial charge in [-0.05, 0) is 55.0 Å². The third-order valence-corrected chi connectivity index (χ3v) is 5.87. The zero-order valence-corrected chi connectivity index (χ0v) is 18.2. The molecule has 3 rings (SSSR count). The maximum atomic E-state index is 12.5. The molecule has 1 aliphatic heterocycles. The number of nitrogens with zero attached hydrogens (tertiary/aromatic N) is 2.